The molecule has 1 N–H and O–H groups in total. The third kappa shape index (κ3) is 3.65. The van der Waals surface area contributed by atoms with Crippen molar-refractivity contribution in [1.29, 1.82) is 0 Å². The lowest BCUT2D eigenvalue weighted by atomic mass is 10.1. The number of ether oxygens (including phenoxy) is 1. The van der Waals surface area contributed by atoms with Gasteiger partial charge in [0.15, 0.2) is 0 Å². The molecule has 0 aliphatic carbocycles. The number of nitrogens with zero attached hydrogens (tertiary/aromatic N) is 3. The molecule has 3 heterocycles. The SMILES string of the molecule is Cn1cc(S(=O)(=O)N[C@H]2C[C@H]3CO[C@@H](c4ccc(Cl)cc4)CN3C2)cn1. The average molecular weight is 397 g/mol. The molecule has 140 valence electrons. The molecule has 0 amide bonds. The lowest BCUT2D eigenvalue weighted by molar-refractivity contribution is -0.0502. The molecule has 0 unspecified atom stereocenters. The van der Waals surface area contributed by atoms with Crippen LogP contribution in [0, 0.1) is 0 Å². The Labute approximate surface area is 157 Å². The van der Waals surface area contributed by atoms with Gasteiger partial charge < -0.3 is 4.74 Å². The molecule has 0 radical (unpaired) electrons. The van der Waals surface area contributed by atoms with Crippen LogP contribution in [-0.4, -0.2) is 54.9 Å². The number of hydrogen-bond donors (Lipinski definition) is 1. The summed E-state index contributed by atoms with van der Waals surface area (Å²) in [5.41, 5.74) is 1.09. The van der Waals surface area contributed by atoms with Gasteiger partial charge in [0, 0.05) is 43.4 Å². The van der Waals surface area contributed by atoms with Gasteiger partial charge in [0.25, 0.3) is 0 Å². The summed E-state index contributed by atoms with van der Waals surface area (Å²) in [6.45, 7) is 2.02. The van der Waals surface area contributed by atoms with Crippen molar-refractivity contribution in [3.63, 3.8) is 0 Å². The second-order valence-corrected chi connectivity index (χ2v) is 9.04. The summed E-state index contributed by atoms with van der Waals surface area (Å²) in [5.74, 6) is 0. The predicted molar refractivity (Wildman–Crippen MR) is 97.4 cm³/mol. The van der Waals surface area contributed by atoms with Gasteiger partial charge in [-0.3, -0.25) is 9.58 Å². The van der Waals surface area contributed by atoms with E-state index in [1.165, 1.54) is 17.1 Å². The predicted octanol–water partition coefficient (Wildman–Crippen LogP) is 1.57. The first-order chi connectivity index (χ1) is 12.4. The van der Waals surface area contributed by atoms with Gasteiger partial charge in [0.1, 0.15) is 4.90 Å². The standard InChI is InChI=1S/C17H21ClN4O3S/c1-21-9-16(7-19-21)26(23,24)20-14-6-15-11-25-17(10-22(15)8-14)12-2-4-13(18)5-3-12/h2-5,7,9,14-15,17,20H,6,8,10-11H2,1H3/t14-,15-,17+/m0/s1. The Bertz CT molecular complexity index is 884. The highest BCUT2D eigenvalue weighted by Crippen LogP contribution is 2.31. The van der Waals surface area contributed by atoms with Crippen molar-refractivity contribution in [2.45, 2.75) is 29.5 Å². The van der Waals surface area contributed by atoms with E-state index in [2.05, 4.69) is 14.7 Å². The summed E-state index contributed by atoms with van der Waals surface area (Å²) in [6.07, 6.45) is 3.60. The molecule has 0 spiro atoms. The molecular weight excluding hydrogens is 376 g/mol. The monoisotopic (exact) mass is 396 g/mol. The van der Waals surface area contributed by atoms with Crippen LogP contribution in [0.3, 0.4) is 0 Å². The molecule has 9 heteroatoms. The molecule has 1 aromatic carbocycles. The molecule has 7 nitrogen and oxygen atoms in total. The molecule has 1 aromatic heterocycles. The van der Waals surface area contributed by atoms with Gasteiger partial charge in [0.05, 0.1) is 18.9 Å². The Morgan fingerprint density at radius 3 is 2.73 bits per heavy atom. The van der Waals surface area contributed by atoms with Gasteiger partial charge in [-0.25, -0.2) is 13.1 Å². The fraction of sp³-hybridized carbons (Fsp3) is 0.471. The van der Waals surface area contributed by atoms with E-state index in [4.69, 9.17) is 16.3 Å². The second-order valence-electron chi connectivity index (χ2n) is 6.88. The Morgan fingerprint density at radius 2 is 2.04 bits per heavy atom. The van der Waals surface area contributed by atoms with Crippen molar-refractivity contribution < 1.29 is 13.2 Å². The number of aryl methyl sites for hydroxylation is 1. The zero-order valence-corrected chi connectivity index (χ0v) is 15.9. The van der Waals surface area contributed by atoms with E-state index in [0.29, 0.717) is 18.2 Å². The molecule has 2 aliphatic rings. The highest BCUT2D eigenvalue weighted by atomic mass is 35.5. The number of nitrogens with one attached hydrogen (secondary N) is 1. The number of halogens is 1. The number of morpholine rings is 1. The number of sulfonamides is 1. The molecule has 0 saturated carbocycles. The highest BCUT2D eigenvalue weighted by molar-refractivity contribution is 7.89. The van der Waals surface area contributed by atoms with Crippen LogP contribution in [0.15, 0.2) is 41.6 Å². The zero-order valence-electron chi connectivity index (χ0n) is 14.4. The van der Waals surface area contributed by atoms with Gasteiger partial charge >= 0.3 is 0 Å². The van der Waals surface area contributed by atoms with Gasteiger partial charge in [0.2, 0.25) is 10.0 Å². The number of aromatic nitrogens is 2. The van der Waals surface area contributed by atoms with Gasteiger partial charge in [-0.1, -0.05) is 23.7 Å². The van der Waals surface area contributed by atoms with E-state index < -0.39 is 10.0 Å². The van der Waals surface area contributed by atoms with Crippen molar-refractivity contribution in [2.75, 3.05) is 19.7 Å². The molecule has 2 aliphatic heterocycles. The minimum Gasteiger partial charge on any atom is -0.371 e. The van der Waals surface area contributed by atoms with E-state index in [1.54, 1.807) is 7.05 Å². The summed E-state index contributed by atoms with van der Waals surface area (Å²) in [7, 11) is -1.85. The Kier molecular flexibility index (Phi) is 4.79. The molecular formula is C17H21ClN4O3S. The molecule has 3 atom stereocenters. The van der Waals surface area contributed by atoms with E-state index in [9.17, 15) is 8.42 Å². The second kappa shape index (κ2) is 6.94. The Balaban J connectivity index is 1.41. The van der Waals surface area contributed by atoms with Gasteiger partial charge in [-0.05, 0) is 24.1 Å². The largest absolute Gasteiger partial charge is 0.371 e. The third-order valence-electron chi connectivity index (χ3n) is 4.97. The van der Waals surface area contributed by atoms with Gasteiger partial charge in [-0.2, -0.15) is 5.10 Å². The van der Waals surface area contributed by atoms with E-state index in [-0.39, 0.29) is 23.1 Å². The van der Waals surface area contributed by atoms with Crippen LogP contribution in [0.4, 0.5) is 0 Å². The van der Waals surface area contributed by atoms with Crippen molar-refractivity contribution in [2.24, 2.45) is 7.05 Å². The minimum atomic E-state index is -3.55. The molecule has 0 bridgehead atoms. The summed E-state index contributed by atoms with van der Waals surface area (Å²) in [6, 6.07) is 7.79. The average Bonchev–Trinajstić information content (AvgIpc) is 3.20. The summed E-state index contributed by atoms with van der Waals surface area (Å²) in [4.78, 5) is 2.50. The topological polar surface area (TPSA) is 76.5 Å². The summed E-state index contributed by atoms with van der Waals surface area (Å²) in [5, 5.41) is 4.64. The number of hydrogen-bond acceptors (Lipinski definition) is 5. The number of benzene rings is 1. The van der Waals surface area contributed by atoms with Crippen molar-refractivity contribution in [1.82, 2.24) is 19.4 Å². The van der Waals surface area contributed by atoms with E-state index in [0.717, 1.165) is 18.5 Å². The minimum absolute atomic E-state index is 0.0165. The van der Waals surface area contributed by atoms with E-state index in [1.807, 2.05) is 24.3 Å². The van der Waals surface area contributed by atoms with Crippen LogP contribution in [0.2, 0.25) is 5.02 Å². The Hall–Kier alpha value is -1.45. The van der Waals surface area contributed by atoms with Crippen molar-refractivity contribution in [3.05, 3.63) is 47.2 Å². The summed E-state index contributed by atoms with van der Waals surface area (Å²) >= 11 is 5.95. The maximum absolute atomic E-state index is 12.5. The number of rotatable bonds is 4. The van der Waals surface area contributed by atoms with Crippen LogP contribution in [-0.2, 0) is 21.8 Å². The van der Waals surface area contributed by atoms with Crippen LogP contribution in [0.1, 0.15) is 18.1 Å². The highest BCUT2D eigenvalue weighted by Gasteiger charge is 2.39. The fourth-order valence-corrected chi connectivity index (χ4v) is 5.01. The first-order valence-corrected chi connectivity index (χ1v) is 10.4. The first kappa shape index (κ1) is 17.9. The summed E-state index contributed by atoms with van der Waals surface area (Å²) < 4.78 is 35.3. The molecule has 2 aromatic rings. The molecule has 26 heavy (non-hydrogen) atoms. The van der Waals surface area contributed by atoms with Crippen LogP contribution >= 0.6 is 11.6 Å². The molecule has 4 rings (SSSR count). The molecule has 2 fully saturated rings. The van der Waals surface area contributed by atoms with Crippen LogP contribution in [0.25, 0.3) is 0 Å². The van der Waals surface area contributed by atoms with Crippen molar-refractivity contribution in [3.8, 4) is 0 Å². The third-order valence-corrected chi connectivity index (χ3v) is 6.70. The van der Waals surface area contributed by atoms with E-state index >= 15 is 0 Å². The van der Waals surface area contributed by atoms with Crippen LogP contribution in [0.5, 0.6) is 0 Å². The quantitative estimate of drug-likeness (QED) is 0.848. The normalized spacial score (nSPS) is 26.8. The number of fused-ring (bicyclic) bond motifs is 1. The first-order valence-electron chi connectivity index (χ1n) is 8.53. The Morgan fingerprint density at radius 1 is 1.27 bits per heavy atom. The fourth-order valence-electron chi connectivity index (χ4n) is 3.66. The lowest BCUT2D eigenvalue weighted by Crippen LogP contribution is -2.43. The van der Waals surface area contributed by atoms with Crippen molar-refractivity contribution >= 4 is 21.6 Å². The lowest BCUT2D eigenvalue weighted by Gasteiger charge is -2.35. The smallest absolute Gasteiger partial charge is 0.243 e. The molecule has 2 saturated heterocycles. The maximum atomic E-state index is 12.5. The zero-order chi connectivity index (χ0) is 18.3. The maximum Gasteiger partial charge on any atom is 0.243 e. The van der Waals surface area contributed by atoms with Crippen LogP contribution < -0.4 is 4.72 Å². The van der Waals surface area contributed by atoms with Gasteiger partial charge in [-0.15, -0.1) is 0 Å².